The number of hydrogen-bond donors (Lipinski definition) is 1. The zero-order chi connectivity index (χ0) is 15.8. The van der Waals surface area contributed by atoms with Crippen molar-refractivity contribution in [1.29, 1.82) is 0 Å². The molecule has 3 nitrogen and oxygen atoms in total. The van der Waals surface area contributed by atoms with Gasteiger partial charge in [-0.2, -0.15) is 0 Å². The normalized spacial score (nSPS) is 12.5. The van der Waals surface area contributed by atoms with Gasteiger partial charge in [0.2, 0.25) is 0 Å². The summed E-state index contributed by atoms with van der Waals surface area (Å²) < 4.78 is 1.92. The molecular weight excluding hydrogens is 286 g/mol. The Hall–Kier alpha value is -3.07. The van der Waals surface area contributed by atoms with Crippen molar-refractivity contribution in [3.8, 4) is 0 Å². The number of benzene rings is 3. The van der Waals surface area contributed by atoms with E-state index in [1.165, 1.54) is 0 Å². The lowest BCUT2D eigenvalue weighted by molar-refractivity contribution is -0.139. The average Bonchev–Trinajstić information content (AvgIpc) is 2.91. The summed E-state index contributed by atoms with van der Waals surface area (Å²) in [6, 6.07) is 24.5. The van der Waals surface area contributed by atoms with Crippen molar-refractivity contribution >= 4 is 27.8 Å². The van der Waals surface area contributed by atoms with Gasteiger partial charge in [-0.25, -0.2) is 4.79 Å². The molecule has 23 heavy (non-hydrogen) atoms. The molecule has 1 heterocycles. The second kappa shape index (κ2) is 5.29. The van der Waals surface area contributed by atoms with Crippen molar-refractivity contribution in [3.63, 3.8) is 0 Å². The predicted molar refractivity (Wildman–Crippen MR) is 91.7 cm³/mol. The zero-order valence-corrected chi connectivity index (χ0v) is 12.4. The average molecular weight is 301 g/mol. The Balaban J connectivity index is 2.11. The van der Waals surface area contributed by atoms with Crippen molar-refractivity contribution in [2.24, 2.45) is 0 Å². The fourth-order valence-corrected chi connectivity index (χ4v) is 3.27. The second-order valence-corrected chi connectivity index (χ2v) is 5.56. The number of carbonyl (C=O) groups is 1. The molecular formula is C20H15NO2. The highest BCUT2D eigenvalue weighted by molar-refractivity contribution is 6.09. The van der Waals surface area contributed by atoms with E-state index in [-0.39, 0.29) is 0 Å². The van der Waals surface area contributed by atoms with Gasteiger partial charge in [-0.1, -0.05) is 66.7 Å². The molecule has 0 amide bonds. The van der Waals surface area contributed by atoms with E-state index in [0.29, 0.717) is 0 Å². The lowest BCUT2D eigenvalue weighted by atomic mass is 10.1. The summed E-state index contributed by atoms with van der Waals surface area (Å²) in [5, 5.41) is 12.0. The predicted octanol–water partition coefficient (Wildman–Crippen LogP) is 4.47. The van der Waals surface area contributed by atoms with Gasteiger partial charge in [0.1, 0.15) is 0 Å². The number of carboxylic acids is 1. The van der Waals surface area contributed by atoms with Crippen LogP contribution < -0.4 is 0 Å². The summed E-state index contributed by atoms with van der Waals surface area (Å²) in [7, 11) is 0. The van der Waals surface area contributed by atoms with Gasteiger partial charge >= 0.3 is 5.97 Å². The molecule has 0 aliphatic carbocycles. The minimum atomic E-state index is -0.859. The van der Waals surface area contributed by atoms with Gasteiger partial charge in [0.25, 0.3) is 0 Å². The monoisotopic (exact) mass is 301 g/mol. The lowest BCUT2D eigenvalue weighted by Crippen LogP contribution is -2.20. The van der Waals surface area contributed by atoms with Gasteiger partial charge in [-0.05, 0) is 17.7 Å². The maximum atomic E-state index is 12.1. The van der Waals surface area contributed by atoms with E-state index in [0.717, 1.165) is 27.4 Å². The second-order valence-electron chi connectivity index (χ2n) is 5.56. The molecule has 4 rings (SSSR count). The van der Waals surface area contributed by atoms with Gasteiger partial charge < -0.3 is 9.67 Å². The van der Waals surface area contributed by atoms with E-state index in [2.05, 4.69) is 0 Å². The van der Waals surface area contributed by atoms with Crippen molar-refractivity contribution in [1.82, 2.24) is 4.57 Å². The molecule has 1 unspecified atom stereocenters. The van der Waals surface area contributed by atoms with Crippen LogP contribution in [-0.2, 0) is 4.79 Å². The molecule has 1 aromatic heterocycles. The van der Waals surface area contributed by atoms with Crippen molar-refractivity contribution in [2.45, 2.75) is 6.04 Å². The highest BCUT2D eigenvalue weighted by Crippen LogP contribution is 2.34. The van der Waals surface area contributed by atoms with Crippen LogP contribution >= 0.6 is 0 Å². The third-order valence-corrected chi connectivity index (χ3v) is 4.22. The Morgan fingerprint density at radius 3 is 1.74 bits per heavy atom. The minimum Gasteiger partial charge on any atom is -0.479 e. The molecule has 3 aromatic carbocycles. The molecule has 112 valence electrons. The standard InChI is InChI=1S/C20H15NO2/c22-20(23)19(14-8-2-1-3-9-14)21-17-12-6-4-10-15(17)16-11-5-7-13-18(16)21/h1-13,19H,(H,22,23). The molecule has 0 fully saturated rings. The van der Waals surface area contributed by atoms with E-state index in [4.69, 9.17) is 0 Å². The maximum absolute atomic E-state index is 12.1. The molecule has 3 heteroatoms. The van der Waals surface area contributed by atoms with E-state index in [1.54, 1.807) is 0 Å². The maximum Gasteiger partial charge on any atom is 0.331 e. The topological polar surface area (TPSA) is 42.2 Å². The first-order chi connectivity index (χ1) is 11.3. The molecule has 0 radical (unpaired) electrons. The van der Waals surface area contributed by atoms with Crippen LogP contribution in [0.25, 0.3) is 21.8 Å². The molecule has 0 saturated heterocycles. The summed E-state index contributed by atoms with van der Waals surface area (Å²) in [4.78, 5) is 12.1. The van der Waals surface area contributed by atoms with Crippen LogP contribution in [0, 0.1) is 0 Å². The number of carboxylic acid groups (broad SMARTS) is 1. The Bertz CT molecular complexity index is 949. The molecule has 0 spiro atoms. The number of fused-ring (bicyclic) bond motifs is 3. The van der Waals surface area contributed by atoms with Crippen LogP contribution in [0.4, 0.5) is 0 Å². The molecule has 4 aromatic rings. The molecule has 0 bridgehead atoms. The summed E-state index contributed by atoms with van der Waals surface area (Å²) in [6.07, 6.45) is 0. The van der Waals surface area contributed by atoms with Gasteiger partial charge in [0.15, 0.2) is 6.04 Å². The lowest BCUT2D eigenvalue weighted by Gasteiger charge is -2.17. The number of aliphatic carboxylic acids is 1. The fraction of sp³-hybridized carbons (Fsp3) is 0.0500. The summed E-state index contributed by atoms with van der Waals surface area (Å²) in [5.41, 5.74) is 2.64. The van der Waals surface area contributed by atoms with Crippen LogP contribution in [0.3, 0.4) is 0 Å². The molecule has 1 atom stereocenters. The first-order valence-corrected chi connectivity index (χ1v) is 7.53. The van der Waals surface area contributed by atoms with Gasteiger partial charge in [-0.15, -0.1) is 0 Å². The van der Waals surface area contributed by atoms with Gasteiger partial charge in [0, 0.05) is 10.8 Å². The first-order valence-electron chi connectivity index (χ1n) is 7.53. The van der Waals surface area contributed by atoms with Crippen LogP contribution in [0.2, 0.25) is 0 Å². The third-order valence-electron chi connectivity index (χ3n) is 4.22. The van der Waals surface area contributed by atoms with E-state index < -0.39 is 12.0 Å². The quantitative estimate of drug-likeness (QED) is 0.606. The van der Waals surface area contributed by atoms with E-state index in [9.17, 15) is 9.90 Å². The minimum absolute atomic E-state index is 0.749. The zero-order valence-electron chi connectivity index (χ0n) is 12.4. The number of para-hydroxylation sites is 2. The van der Waals surface area contributed by atoms with Crippen LogP contribution in [0.15, 0.2) is 78.9 Å². The molecule has 0 aliphatic heterocycles. The highest BCUT2D eigenvalue weighted by Gasteiger charge is 2.25. The van der Waals surface area contributed by atoms with E-state index in [1.807, 2.05) is 83.4 Å². The highest BCUT2D eigenvalue weighted by atomic mass is 16.4. The summed E-state index contributed by atoms with van der Waals surface area (Å²) >= 11 is 0. The van der Waals surface area contributed by atoms with Gasteiger partial charge in [-0.3, -0.25) is 0 Å². The third kappa shape index (κ3) is 2.09. The van der Waals surface area contributed by atoms with Crippen molar-refractivity contribution < 1.29 is 9.90 Å². The van der Waals surface area contributed by atoms with Gasteiger partial charge in [0.05, 0.1) is 11.0 Å². The van der Waals surface area contributed by atoms with Crippen molar-refractivity contribution in [3.05, 3.63) is 84.4 Å². The van der Waals surface area contributed by atoms with Crippen LogP contribution in [0.5, 0.6) is 0 Å². The Morgan fingerprint density at radius 1 is 0.739 bits per heavy atom. The number of nitrogens with zero attached hydrogens (tertiary/aromatic N) is 1. The van der Waals surface area contributed by atoms with Crippen LogP contribution in [-0.4, -0.2) is 15.6 Å². The fourth-order valence-electron chi connectivity index (χ4n) is 3.27. The largest absolute Gasteiger partial charge is 0.479 e. The molecule has 0 aliphatic rings. The Labute approximate surface area is 133 Å². The Kier molecular flexibility index (Phi) is 3.12. The van der Waals surface area contributed by atoms with Crippen LogP contribution in [0.1, 0.15) is 11.6 Å². The van der Waals surface area contributed by atoms with Crippen molar-refractivity contribution in [2.75, 3.05) is 0 Å². The number of rotatable bonds is 3. The Morgan fingerprint density at radius 2 is 1.22 bits per heavy atom. The number of aromatic nitrogens is 1. The molecule has 1 N–H and O–H groups in total. The molecule has 0 saturated carbocycles. The SMILES string of the molecule is O=C(O)C(c1ccccc1)n1c2ccccc2c2ccccc21. The summed E-state index contributed by atoms with van der Waals surface area (Å²) in [5.74, 6) is -0.859. The first kappa shape index (κ1) is 13.6. The van der Waals surface area contributed by atoms with E-state index >= 15 is 0 Å². The summed E-state index contributed by atoms with van der Waals surface area (Å²) in [6.45, 7) is 0. The number of hydrogen-bond acceptors (Lipinski definition) is 1. The smallest absolute Gasteiger partial charge is 0.331 e.